The zero-order chi connectivity index (χ0) is 23.6. The van der Waals surface area contributed by atoms with E-state index in [2.05, 4.69) is 17.0 Å². The Labute approximate surface area is 192 Å². The number of amides is 3. The van der Waals surface area contributed by atoms with Crippen LogP contribution >= 0.6 is 0 Å². The van der Waals surface area contributed by atoms with Gasteiger partial charge in [0.2, 0.25) is 5.91 Å². The molecule has 2 heterocycles. The van der Waals surface area contributed by atoms with Crippen molar-refractivity contribution in [3.8, 4) is 0 Å². The Balaban J connectivity index is 1.35. The molecular formula is C23H32N4O6. The van der Waals surface area contributed by atoms with Crippen LogP contribution in [0.5, 0.6) is 0 Å². The van der Waals surface area contributed by atoms with E-state index in [-0.39, 0.29) is 30.7 Å². The minimum Gasteiger partial charge on any atom is -0.465 e. The summed E-state index contributed by atoms with van der Waals surface area (Å²) < 4.78 is 0. The highest BCUT2D eigenvalue weighted by molar-refractivity contribution is 5.86. The number of hydrogen-bond donors (Lipinski definition) is 4. The fourth-order valence-corrected chi connectivity index (χ4v) is 5.80. The van der Waals surface area contributed by atoms with Crippen molar-refractivity contribution in [1.29, 1.82) is 0 Å². The molecule has 1 aromatic rings. The zero-order valence-electron chi connectivity index (χ0n) is 18.6. The third-order valence-corrected chi connectivity index (χ3v) is 7.58. The molecular weight excluding hydrogens is 428 g/mol. The standard InChI is InChI=1S/C23H32N4O6/c28-20(26-14-12-25(13-15-26)18-4-2-1-3-5-18)17-8-6-16(7-9-17)19-23(32,21(29)24-33)10-11-27(19)22(30)31/h1-5,16-17,19,32-33H,6-15H2,(H,24,29)(H,30,31)/t16?,17?,19?,23-/m1/s1. The lowest BCUT2D eigenvalue weighted by molar-refractivity contribution is -0.154. The van der Waals surface area contributed by atoms with E-state index in [1.54, 1.807) is 0 Å². The maximum Gasteiger partial charge on any atom is 0.407 e. The average Bonchev–Trinajstić information content (AvgIpc) is 3.22. The van der Waals surface area contributed by atoms with Crippen LogP contribution in [-0.4, -0.2) is 87.5 Å². The summed E-state index contributed by atoms with van der Waals surface area (Å²) in [6.07, 6.45) is 0.982. The fourth-order valence-electron chi connectivity index (χ4n) is 5.80. The summed E-state index contributed by atoms with van der Waals surface area (Å²) in [6, 6.07) is 9.20. The summed E-state index contributed by atoms with van der Waals surface area (Å²) in [4.78, 5) is 42.3. The summed E-state index contributed by atoms with van der Waals surface area (Å²) in [5.41, 5.74) is 0.675. The lowest BCUT2D eigenvalue weighted by atomic mass is 9.73. The molecule has 2 saturated heterocycles. The Morgan fingerprint density at radius 3 is 2.15 bits per heavy atom. The first-order chi connectivity index (χ1) is 15.8. The van der Waals surface area contributed by atoms with Gasteiger partial charge in [0.15, 0.2) is 5.60 Å². The molecule has 10 heteroatoms. The van der Waals surface area contributed by atoms with Crippen molar-refractivity contribution in [3.63, 3.8) is 0 Å². The van der Waals surface area contributed by atoms with Crippen LogP contribution in [0.1, 0.15) is 32.1 Å². The Morgan fingerprint density at radius 2 is 1.58 bits per heavy atom. The number of nitrogens with zero attached hydrogens (tertiary/aromatic N) is 3. The molecule has 1 aliphatic carbocycles. The minimum atomic E-state index is -1.97. The van der Waals surface area contributed by atoms with Gasteiger partial charge in [-0.3, -0.25) is 14.8 Å². The lowest BCUT2D eigenvalue weighted by Gasteiger charge is -2.42. The molecule has 0 spiro atoms. The van der Waals surface area contributed by atoms with Gasteiger partial charge >= 0.3 is 6.09 Å². The molecule has 3 fully saturated rings. The van der Waals surface area contributed by atoms with Crippen LogP contribution in [0.15, 0.2) is 30.3 Å². The van der Waals surface area contributed by atoms with E-state index in [0.717, 1.165) is 23.7 Å². The second-order valence-electron chi connectivity index (χ2n) is 9.30. The van der Waals surface area contributed by atoms with E-state index in [4.69, 9.17) is 5.21 Å². The molecule has 180 valence electrons. The van der Waals surface area contributed by atoms with Crippen molar-refractivity contribution in [2.45, 2.75) is 43.7 Å². The Bertz CT molecular complexity index is 867. The van der Waals surface area contributed by atoms with E-state index < -0.39 is 23.6 Å². The number of piperazine rings is 1. The number of hydrogen-bond acceptors (Lipinski definition) is 6. The second kappa shape index (κ2) is 9.56. The maximum atomic E-state index is 13.1. The summed E-state index contributed by atoms with van der Waals surface area (Å²) in [6.45, 7) is 2.92. The molecule has 1 saturated carbocycles. The van der Waals surface area contributed by atoms with Gasteiger partial charge in [-0.1, -0.05) is 18.2 Å². The third-order valence-electron chi connectivity index (χ3n) is 7.58. The second-order valence-corrected chi connectivity index (χ2v) is 9.30. The SMILES string of the molecule is O=C(C1CCC(C2N(C(=O)O)CC[C@]2(O)C(=O)NO)CC1)N1CCN(c2ccccc2)CC1. The number of aliphatic hydroxyl groups is 1. The smallest absolute Gasteiger partial charge is 0.407 e. The maximum absolute atomic E-state index is 13.1. The molecule has 10 nitrogen and oxygen atoms in total. The average molecular weight is 461 g/mol. The van der Waals surface area contributed by atoms with Gasteiger partial charge in [-0.2, -0.15) is 0 Å². The summed E-state index contributed by atoms with van der Waals surface area (Å²) in [5, 5.41) is 29.6. The molecule has 0 bridgehead atoms. The third kappa shape index (κ3) is 4.49. The van der Waals surface area contributed by atoms with Crippen LogP contribution in [0.25, 0.3) is 0 Å². The van der Waals surface area contributed by atoms with Crippen molar-refractivity contribution in [1.82, 2.24) is 15.3 Å². The molecule has 2 atom stereocenters. The predicted molar refractivity (Wildman–Crippen MR) is 119 cm³/mol. The first-order valence-corrected chi connectivity index (χ1v) is 11.6. The first kappa shape index (κ1) is 23.3. The molecule has 4 N–H and O–H groups in total. The number of nitrogens with one attached hydrogen (secondary N) is 1. The van der Waals surface area contributed by atoms with E-state index >= 15 is 0 Å². The van der Waals surface area contributed by atoms with E-state index in [0.29, 0.717) is 38.8 Å². The van der Waals surface area contributed by atoms with Crippen molar-refractivity contribution in [2.75, 3.05) is 37.6 Å². The molecule has 3 amide bonds. The van der Waals surface area contributed by atoms with Crippen molar-refractivity contribution >= 4 is 23.6 Å². The molecule has 0 radical (unpaired) electrons. The van der Waals surface area contributed by atoms with Crippen LogP contribution < -0.4 is 10.4 Å². The molecule has 3 aliphatic rings. The van der Waals surface area contributed by atoms with Crippen LogP contribution in [0.4, 0.5) is 10.5 Å². The highest BCUT2D eigenvalue weighted by Gasteiger charge is 2.56. The van der Waals surface area contributed by atoms with Gasteiger partial charge < -0.3 is 24.9 Å². The first-order valence-electron chi connectivity index (χ1n) is 11.6. The number of benzene rings is 1. The topological polar surface area (TPSA) is 134 Å². The predicted octanol–water partition coefficient (Wildman–Crippen LogP) is 1.13. The Hall–Kier alpha value is -2.85. The number of hydroxylamine groups is 1. The minimum absolute atomic E-state index is 0.0223. The van der Waals surface area contributed by atoms with Gasteiger partial charge in [-0.15, -0.1) is 0 Å². The number of carbonyl (C=O) groups excluding carboxylic acids is 2. The number of rotatable bonds is 4. The van der Waals surface area contributed by atoms with Gasteiger partial charge in [-0.25, -0.2) is 10.3 Å². The van der Waals surface area contributed by atoms with Crippen LogP contribution in [0, 0.1) is 11.8 Å². The van der Waals surface area contributed by atoms with Gasteiger partial charge in [0, 0.05) is 50.7 Å². The van der Waals surface area contributed by atoms with Crippen LogP contribution in [0.2, 0.25) is 0 Å². The Kier molecular flexibility index (Phi) is 6.76. The van der Waals surface area contributed by atoms with Gasteiger partial charge in [0.25, 0.3) is 5.91 Å². The Morgan fingerprint density at radius 1 is 0.939 bits per heavy atom. The lowest BCUT2D eigenvalue weighted by Crippen LogP contribution is -2.59. The number of carboxylic acid groups (broad SMARTS) is 1. The zero-order valence-corrected chi connectivity index (χ0v) is 18.6. The molecule has 4 rings (SSSR count). The van der Waals surface area contributed by atoms with E-state index in [1.807, 2.05) is 23.1 Å². The molecule has 2 aliphatic heterocycles. The van der Waals surface area contributed by atoms with Crippen molar-refractivity contribution in [3.05, 3.63) is 30.3 Å². The van der Waals surface area contributed by atoms with Crippen molar-refractivity contribution < 1.29 is 29.8 Å². The number of para-hydroxylation sites is 1. The fraction of sp³-hybridized carbons (Fsp3) is 0.609. The van der Waals surface area contributed by atoms with Crippen LogP contribution in [0.3, 0.4) is 0 Å². The summed E-state index contributed by atoms with van der Waals surface area (Å²) in [7, 11) is 0. The largest absolute Gasteiger partial charge is 0.465 e. The number of carbonyl (C=O) groups is 3. The summed E-state index contributed by atoms with van der Waals surface area (Å²) >= 11 is 0. The van der Waals surface area contributed by atoms with Crippen LogP contribution in [-0.2, 0) is 9.59 Å². The quantitative estimate of drug-likeness (QED) is 0.391. The highest BCUT2D eigenvalue weighted by atomic mass is 16.5. The molecule has 1 unspecified atom stereocenters. The van der Waals surface area contributed by atoms with E-state index in [1.165, 1.54) is 5.48 Å². The number of anilines is 1. The monoisotopic (exact) mass is 460 g/mol. The molecule has 1 aromatic carbocycles. The highest BCUT2D eigenvalue weighted by Crippen LogP contribution is 2.42. The van der Waals surface area contributed by atoms with Gasteiger partial charge in [0.05, 0.1) is 6.04 Å². The normalized spacial score (nSPS) is 30.2. The van der Waals surface area contributed by atoms with E-state index in [9.17, 15) is 24.6 Å². The molecule has 0 aromatic heterocycles. The number of likely N-dealkylation sites (tertiary alicyclic amines) is 1. The molecule has 33 heavy (non-hydrogen) atoms. The van der Waals surface area contributed by atoms with Gasteiger partial charge in [0.1, 0.15) is 0 Å². The summed E-state index contributed by atoms with van der Waals surface area (Å²) in [5.74, 6) is -1.24. The van der Waals surface area contributed by atoms with Crippen molar-refractivity contribution in [2.24, 2.45) is 11.8 Å². The van der Waals surface area contributed by atoms with Gasteiger partial charge in [-0.05, 0) is 43.7 Å².